The normalized spacial score (nSPS) is 25.2. The Morgan fingerprint density at radius 1 is 1.35 bits per heavy atom. The van der Waals surface area contributed by atoms with Crippen LogP contribution in [0.4, 0.5) is 5.95 Å². The number of aromatic nitrogens is 3. The van der Waals surface area contributed by atoms with Crippen molar-refractivity contribution in [2.75, 3.05) is 18.0 Å². The van der Waals surface area contributed by atoms with E-state index in [-0.39, 0.29) is 24.0 Å². The van der Waals surface area contributed by atoms with E-state index >= 15 is 0 Å². The first-order chi connectivity index (χ1) is 12.5. The Hall–Kier alpha value is -2.06. The average Bonchev–Trinajstić information content (AvgIpc) is 3.18. The number of aliphatic hydroxyl groups excluding tert-OH is 1. The Morgan fingerprint density at radius 2 is 2.15 bits per heavy atom. The molecule has 3 heterocycles. The van der Waals surface area contributed by atoms with Gasteiger partial charge in [0.25, 0.3) is 0 Å². The van der Waals surface area contributed by atoms with Crippen molar-refractivity contribution in [1.82, 2.24) is 20.3 Å². The zero-order chi connectivity index (χ0) is 18.3. The molecule has 1 aliphatic heterocycles. The van der Waals surface area contributed by atoms with Gasteiger partial charge in [0.1, 0.15) is 0 Å². The second-order valence-electron chi connectivity index (χ2n) is 7.15. The molecule has 0 bridgehead atoms. The van der Waals surface area contributed by atoms with Crippen LogP contribution >= 0.6 is 11.3 Å². The molecule has 1 saturated heterocycles. The summed E-state index contributed by atoms with van der Waals surface area (Å²) >= 11 is 1.64. The molecule has 26 heavy (non-hydrogen) atoms. The monoisotopic (exact) mass is 373 g/mol. The zero-order valence-electron chi connectivity index (χ0n) is 15.0. The van der Waals surface area contributed by atoms with Crippen molar-refractivity contribution in [2.45, 2.75) is 45.3 Å². The molecule has 8 heteroatoms. The van der Waals surface area contributed by atoms with E-state index in [4.69, 9.17) is 4.98 Å². The van der Waals surface area contributed by atoms with Gasteiger partial charge in [0.05, 0.1) is 27.4 Å². The fourth-order valence-electron chi connectivity index (χ4n) is 3.58. The van der Waals surface area contributed by atoms with E-state index in [2.05, 4.69) is 20.2 Å². The fourth-order valence-corrected chi connectivity index (χ4v) is 4.47. The van der Waals surface area contributed by atoms with E-state index in [1.807, 2.05) is 19.9 Å². The third kappa shape index (κ3) is 3.43. The van der Waals surface area contributed by atoms with Crippen LogP contribution in [0.3, 0.4) is 0 Å². The highest BCUT2D eigenvalue weighted by molar-refractivity contribution is 7.15. The van der Waals surface area contributed by atoms with Crippen molar-refractivity contribution in [3.63, 3.8) is 0 Å². The molecule has 138 valence electrons. The number of carbonyl (C=O) groups is 1. The van der Waals surface area contributed by atoms with Gasteiger partial charge < -0.3 is 15.3 Å². The van der Waals surface area contributed by atoms with Gasteiger partial charge in [0.15, 0.2) is 0 Å². The van der Waals surface area contributed by atoms with Gasteiger partial charge in [0.2, 0.25) is 11.9 Å². The highest BCUT2D eigenvalue weighted by atomic mass is 32.1. The Bertz CT molecular complexity index is 818. The molecule has 0 aromatic carbocycles. The van der Waals surface area contributed by atoms with Crippen LogP contribution in [0.1, 0.15) is 30.0 Å². The number of thiazole rings is 1. The van der Waals surface area contributed by atoms with Crippen LogP contribution in [0.15, 0.2) is 12.3 Å². The summed E-state index contributed by atoms with van der Waals surface area (Å²) in [6.07, 6.45) is 3.53. The van der Waals surface area contributed by atoms with E-state index in [0.717, 1.165) is 34.2 Å². The molecule has 7 nitrogen and oxygen atoms in total. The average molecular weight is 373 g/mol. The SMILES string of the molecule is Cc1nc(C)c(-c2ccnc(N3CCC(NC(=O)C4CC(O)C4)C3)n2)s1. The summed E-state index contributed by atoms with van der Waals surface area (Å²) in [5.41, 5.74) is 1.89. The molecule has 0 spiro atoms. The molecular weight excluding hydrogens is 350 g/mol. The van der Waals surface area contributed by atoms with Crippen LogP contribution in [0, 0.1) is 19.8 Å². The first kappa shape index (κ1) is 17.4. The van der Waals surface area contributed by atoms with Crippen LogP contribution in [-0.2, 0) is 4.79 Å². The van der Waals surface area contributed by atoms with E-state index in [9.17, 15) is 9.90 Å². The first-order valence-electron chi connectivity index (χ1n) is 9.00. The molecule has 1 saturated carbocycles. The van der Waals surface area contributed by atoms with Crippen molar-refractivity contribution in [1.29, 1.82) is 0 Å². The lowest BCUT2D eigenvalue weighted by Gasteiger charge is -2.31. The third-order valence-corrected chi connectivity index (χ3v) is 6.18. The minimum atomic E-state index is -0.305. The number of hydrogen-bond donors (Lipinski definition) is 2. The second-order valence-corrected chi connectivity index (χ2v) is 8.35. The predicted octanol–water partition coefficient (Wildman–Crippen LogP) is 1.68. The van der Waals surface area contributed by atoms with E-state index in [1.54, 1.807) is 17.5 Å². The second kappa shape index (κ2) is 6.92. The van der Waals surface area contributed by atoms with Gasteiger partial charge >= 0.3 is 0 Å². The van der Waals surface area contributed by atoms with Crippen molar-refractivity contribution in [3.05, 3.63) is 23.0 Å². The molecule has 2 aliphatic rings. The Balaban J connectivity index is 1.42. The number of aryl methyl sites for hydroxylation is 2. The quantitative estimate of drug-likeness (QED) is 0.847. The maximum absolute atomic E-state index is 12.2. The van der Waals surface area contributed by atoms with Gasteiger partial charge in [-0.15, -0.1) is 11.3 Å². The van der Waals surface area contributed by atoms with Crippen molar-refractivity contribution in [3.8, 4) is 10.6 Å². The first-order valence-corrected chi connectivity index (χ1v) is 9.82. The molecule has 4 rings (SSSR count). The van der Waals surface area contributed by atoms with E-state index < -0.39 is 0 Å². The fraction of sp³-hybridized carbons (Fsp3) is 0.556. The summed E-state index contributed by atoms with van der Waals surface area (Å²) < 4.78 is 0. The molecule has 1 atom stereocenters. The van der Waals surface area contributed by atoms with Crippen LogP contribution in [0.5, 0.6) is 0 Å². The van der Waals surface area contributed by atoms with Gasteiger partial charge in [-0.1, -0.05) is 0 Å². The molecule has 2 aromatic rings. The Kier molecular flexibility index (Phi) is 4.62. The van der Waals surface area contributed by atoms with Crippen LogP contribution < -0.4 is 10.2 Å². The number of amides is 1. The van der Waals surface area contributed by atoms with Crippen LogP contribution in [0.25, 0.3) is 10.6 Å². The summed E-state index contributed by atoms with van der Waals surface area (Å²) in [5, 5.41) is 13.5. The number of hydrogen-bond acceptors (Lipinski definition) is 7. The Morgan fingerprint density at radius 3 is 2.85 bits per heavy atom. The predicted molar refractivity (Wildman–Crippen MR) is 100 cm³/mol. The summed E-state index contributed by atoms with van der Waals surface area (Å²) in [6.45, 7) is 5.53. The minimum Gasteiger partial charge on any atom is -0.393 e. The van der Waals surface area contributed by atoms with Gasteiger partial charge in [-0.2, -0.15) is 0 Å². The molecule has 1 unspecified atom stereocenters. The Labute approximate surface area is 156 Å². The number of rotatable bonds is 4. The van der Waals surface area contributed by atoms with Crippen LogP contribution in [-0.4, -0.2) is 51.2 Å². The number of carbonyl (C=O) groups excluding carboxylic acids is 1. The highest BCUT2D eigenvalue weighted by Gasteiger charge is 2.35. The van der Waals surface area contributed by atoms with Crippen LogP contribution in [0.2, 0.25) is 0 Å². The summed E-state index contributed by atoms with van der Waals surface area (Å²) in [4.78, 5) is 29.0. The molecule has 1 amide bonds. The molecule has 2 aromatic heterocycles. The van der Waals surface area contributed by atoms with Gasteiger partial charge in [0, 0.05) is 31.2 Å². The molecule has 1 aliphatic carbocycles. The van der Waals surface area contributed by atoms with E-state index in [1.165, 1.54) is 0 Å². The third-order valence-electron chi connectivity index (χ3n) is 5.08. The summed E-state index contributed by atoms with van der Waals surface area (Å²) in [7, 11) is 0. The number of nitrogens with one attached hydrogen (secondary N) is 1. The summed E-state index contributed by atoms with van der Waals surface area (Å²) in [5.74, 6) is 0.729. The lowest BCUT2D eigenvalue weighted by Crippen LogP contribution is -2.46. The zero-order valence-corrected chi connectivity index (χ0v) is 15.8. The van der Waals surface area contributed by atoms with Gasteiger partial charge in [-0.25, -0.2) is 15.0 Å². The standard InChI is InChI=1S/C18H23N5O2S/c1-10-16(26-11(2)20-10)15-3-5-19-18(22-15)23-6-4-13(9-23)21-17(25)12-7-14(24)8-12/h3,5,12-14,24H,4,6-9H2,1-2H3,(H,21,25). The topological polar surface area (TPSA) is 91.2 Å². The molecular formula is C18H23N5O2S. The van der Waals surface area contributed by atoms with Gasteiger partial charge in [-0.05, 0) is 39.2 Å². The highest BCUT2D eigenvalue weighted by Crippen LogP contribution is 2.30. The van der Waals surface area contributed by atoms with Crippen molar-refractivity contribution >= 4 is 23.2 Å². The van der Waals surface area contributed by atoms with E-state index in [0.29, 0.717) is 25.3 Å². The maximum Gasteiger partial charge on any atom is 0.225 e. The van der Waals surface area contributed by atoms with Crippen molar-refractivity contribution in [2.24, 2.45) is 5.92 Å². The summed E-state index contributed by atoms with van der Waals surface area (Å²) in [6, 6.07) is 2.03. The number of anilines is 1. The lowest BCUT2D eigenvalue weighted by atomic mass is 9.82. The van der Waals surface area contributed by atoms with Crippen molar-refractivity contribution < 1.29 is 9.90 Å². The minimum absolute atomic E-state index is 0.0313. The smallest absolute Gasteiger partial charge is 0.225 e. The number of nitrogens with zero attached hydrogens (tertiary/aromatic N) is 4. The number of aliphatic hydroxyl groups is 1. The largest absolute Gasteiger partial charge is 0.393 e. The maximum atomic E-state index is 12.2. The lowest BCUT2D eigenvalue weighted by molar-refractivity contribution is -0.132. The molecule has 0 radical (unpaired) electrons. The molecule has 2 N–H and O–H groups in total. The molecule has 2 fully saturated rings. The van der Waals surface area contributed by atoms with Gasteiger partial charge in [-0.3, -0.25) is 4.79 Å².